The van der Waals surface area contributed by atoms with E-state index in [0.717, 1.165) is 32.2 Å². The second-order valence-corrected chi connectivity index (χ2v) is 10.6. The number of aryl methyl sites for hydroxylation is 1. The van der Waals surface area contributed by atoms with Gasteiger partial charge in [0.05, 0.1) is 17.3 Å². The third-order valence-corrected chi connectivity index (χ3v) is 8.40. The Morgan fingerprint density at radius 2 is 2.16 bits per heavy atom. The lowest BCUT2D eigenvalue weighted by Gasteiger charge is -2.35. The molecular formula is C20H21ClFN5O3S2. The molecule has 1 saturated heterocycles. The zero-order valence-corrected chi connectivity index (χ0v) is 19.6. The van der Waals surface area contributed by atoms with E-state index in [4.69, 9.17) is 11.6 Å². The van der Waals surface area contributed by atoms with Crippen molar-refractivity contribution in [2.24, 2.45) is 0 Å². The monoisotopic (exact) mass is 497 g/mol. The Balaban J connectivity index is 1.56. The van der Waals surface area contributed by atoms with Gasteiger partial charge in [0.2, 0.25) is 5.91 Å². The molecule has 2 atom stereocenters. The molecule has 1 aliphatic heterocycles. The molecule has 8 nitrogen and oxygen atoms in total. The second-order valence-electron chi connectivity index (χ2n) is 7.35. The minimum Gasteiger partial charge on any atom is -0.325 e. The summed E-state index contributed by atoms with van der Waals surface area (Å²) in [5.74, 6) is -1.13. The van der Waals surface area contributed by atoms with Crippen molar-refractivity contribution in [3.63, 3.8) is 0 Å². The minimum absolute atomic E-state index is 0.135. The van der Waals surface area contributed by atoms with Crippen molar-refractivity contribution >= 4 is 44.7 Å². The highest BCUT2D eigenvalue weighted by molar-refractivity contribution is 7.87. The van der Waals surface area contributed by atoms with Gasteiger partial charge in [-0.2, -0.15) is 22.5 Å². The summed E-state index contributed by atoms with van der Waals surface area (Å²) in [5, 5.41) is 6.77. The molecule has 1 aliphatic rings. The van der Waals surface area contributed by atoms with Crippen molar-refractivity contribution in [2.45, 2.75) is 32.0 Å². The largest absolute Gasteiger partial charge is 0.325 e. The van der Waals surface area contributed by atoms with Crippen molar-refractivity contribution in [3.8, 4) is 10.4 Å². The van der Waals surface area contributed by atoms with Crippen molar-refractivity contribution in [1.82, 2.24) is 18.8 Å². The number of aromatic nitrogens is 2. The van der Waals surface area contributed by atoms with Gasteiger partial charge in [0, 0.05) is 40.8 Å². The van der Waals surface area contributed by atoms with Crippen LogP contribution in [0, 0.1) is 5.82 Å². The van der Waals surface area contributed by atoms with Crippen LogP contribution in [0.1, 0.15) is 24.3 Å². The summed E-state index contributed by atoms with van der Waals surface area (Å²) in [5.41, 5.74) is 1.23. The number of carbonyl (C=O) groups is 1. The molecule has 0 saturated carbocycles. The second kappa shape index (κ2) is 8.91. The molecule has 170 valence electrons. The first-order valence-corrected chi connectivity index (χ1v) is 12.4. The van der Waals surface area contributed by atoms with E-state index in [-0.39, 0.29) is 17.1 Å². The van der Waals surface area contributed by atoms with Gasteiger partial charge in [-0.3, -0.25) is 9.48 Å². The topological polar surface area (TPSA) is 96.3 Å². The van der Waals surface area contributed by atoms with Gasteiger partial charge in [0.25, 0.3) is 10.2 Å². The first-order valence-electron chi connectivity index (χ1n) is 9.81. The standard InChI is InChI=1S/C20H21ClFN5O3S2/c1-3-27-11-12(10-23-27)18-6-7-19(31-18)16-9-17(26(2)32(29,30)25-16)20(28)24-13-4-5-15(22)14(21)8-13/h4-8,10-11,16-17,25H,3,9H2,1-2H3,(H,24,28)/t16-,17+/m1/s1. The van der Waals surface area contributed by atoms with Crippen LogP contribution in [0.5, 0.6) is 0 Å². The lowest BCUT2D eigenvalue weighted by atomic mass is 10.1. The fourth-order valence-electron chi connectivity index (χ4n) is 3.46. The number of thiophene rings is 1. The molecule has 0 aliphatic carbocycles. The van der Waals surface area contributed by atoms with E-state index in [2.05, 4.69) is 15.1 Å². The molecule has 4 rings (SSSR count). The molecule has 12 heteroatoms. The van der Waals surface area contributed by atoms with E-state index >= 15 is 0 Å². The van der Waals surface area contributed by atoms with Gasteiger partial charge in [0.15, 0.2) is 0 Å². The summed E-state index contributed by atoms with van der Waals surface area (Å²) in [7, 11) is -2.54. The minimum atomic E-state index is -3.89. The predicted molar refractivity (Wildman–Crippen MR) is 122 cm³/mol. The molecular weight excluding hydrogens is 477 g/mol. The molecule has 0 unspecified atom stereocenters. The van der Waals surface area contributed by atoms with Crippen LogP contribution in [0.4, 0.5) is 10.1 Å². The molecule has 2 aromatic heterocycles. The summed E-state index contributed by atoms with van der Waals surface area (Å²) in [4.78, 5) is 14.7. The predicted octanol–water partition coefficient (Wildman–Crippen LogP) is 3.64. The Morgan fingerprint density at radius 1 is 1.38 bits per heavy atom. The molecule has 1 amide bonds. The zero-order valence-electron chi connectivity index (χ0n) is 17.2. The number of likely N-dealkylation sites (N-methyl/N-ethyl adjacent to an activating group) is 1. The third kappa shape index (κ3) is 4.57. The number of halogens is 2. The number of carbonyl (C=O) groups excluding carboxylic acids is 1. The SMILES string of the molecule is CCn1cc(-c2ccc([C@H]3C[C@@H](C(=O)Nc4ccc(F)c(Cl)c4)N(C)S(=O)(=O)N3)s2)cn1. The van der Waals surface area contributed by atoms with Crippen LogP contribution in [0.25, 0.3) is 10.4 Å². The quantitative estimate of drug-likeness (QED) is 0.562. The van der Waals surface area contributed by atoms with Gasteiger partial charge in [0.1, 0.15) is 11.9 Å². The summed E-state index contributed by atoms with van der Waals surface area (Å²) in [6, 6.07) is 6.04. The lowest BCUT2D eigenvalue weighted by Crippen LogP contribution is -2.55. The van der Waals surface area contributed by atoms with E-state index in [1.807, 2.05) is 29.9 Å². The number of rotatable bonds is 5. The van der Waals surface area contributed by atoms with Crippen molar-refractivity contribution in [3.05, 3.63) is 58.4 Å². The van der Waals surface area contributed by atoms with Crippen LogP contribution in [-0.4, -0.2) is 41.5 Å². The van der Waals surface area contributed by atoms with E-state index in [1.165, 1.54) is 30.5 Å². The van der Waals surface area contributed by atoms with Gasteiger partial charge in [-0.1, -0.05) is 11.6 Å². The van der Waals surface area contributed by atoms with Crippen molar-refractivity contribution in [1.29, 1.82) is 0 Å². The normalized spacial score (nSPS) is 20.9. The Labute approximate surface area is 194 Å². The summed E-state index contributed by atoms with van der Waals surface area (Å²) in [6.45, 7) is 2.75. The first kappa shape index (κ1) is 22.9. The maximum absolute atomic E-state index is 13.4. The Hall–Kier alpha value is -2.31. The number of hydrogen-bond donors (Lipinski definition) is 2. The number of nitrogens with zero attached hydrogens (tertiary/aromatic N) is 3. The molecule has 1 fully saturated rings. The fourth-order valence-corrected chi connectivity index (χ4v) is 6.02. The molecule has 3 aromatic rings. The molecule has 32 heavy (non-hydrogen) atoms. The average Bonchev–Trinajstić information content (AvgIpc) is 3.42. The Morgan fingerprint density at radius 3 is 2.84 bits per heavy atom. The highest BCUT2D eigenvalue weighted by Crippen LogP contribution is 2.36. The highest BCUT2D eigenvalue weighted by atomic mass is 35.5. The van der Waals surface area contributed by atoms with E-state index < -0.39 is 34.0 Å². The van der Waals surface area contributed by atoms with Gasteiger partial charge in [-0.05, 0) is 43.7 Å². The van der Waals surface area contributed by atoms with Gasteiger partial charge >= 0.3 is 0 Å². The summed E-state index contributed by atoms with van der Waals surface area (Å²) in [6.07, 6.45) is 3.92. The molecule has 0 radical (unpaired) electrons. The number of benzene rings is 1. The summed E-state index contributed by atoms with van der Waals surface area (Å²) >= 11 is 7.23. The lowest BCUT2D eigenvalue weighted by molar-refractivity contribution is -0.120. The van der Waals surface area contributed by atoms with Gasteiger partial charge in [-0.25, -0.2) is 4.39 Å². The molecule has 0 spiro atoms. The van der Waals surface area contributed by atoms with Crippen molar-refractivity contribution in [2.75, 3.05) is 12.4 Å². The first-order chi connectivity index (χ1) is 15.2. The zero-order chi connectivity index (χ0) is 23.0. The average molecular weight is 498 g/mol. The van der Waals surface area contributed by atoms with Gasteiger partial charge in [-0.15, -0.1) is 11.3 Å². The van der Waals surface area contributed by atoms with E-state index in [0.29, 0.717) is 0 Å². The number of nitrogens with one attached hydrogen (secondary N) is 2. The maximum atomic E-state index is 13.4. The number of anilines is 1. The van der Waals surface area contributed by atoms with Crippen LogP contribution in [0.15, 0.2) is 42.7 Å². The van der Waals surface area contributed by atoms with Crippen LogP contribution in [-0.2, 0) is 21.5 Å². The Bertz CT molecular complexity index is 1260. The van der Waals surface area contributed by atoms with Crippen LogP contribution in [0.3, 0.4) is 0 Å². The van der Waals surface area contributed by atoms with Crippen molar-refractivity contribution < 1.29 is 17.6 Å². The number of amides is 1. The van der Waals surface area contributed by atoms with Crippen LogP contribution in [0.2, 0.25) is 5.02 Å². The molecule has 2 N–H and O–H groups in total. The van der Waals surface area contributed by atoms with Crippen LogP contribution < -0.4 is 10.0 Å². The molecule has 1 aromatic carbocycles. The Kier molecular flexibility index (Phi) is 6.37. The number of hydrogen-bond acceptors (Lipinski definition) is 5. The fraction of sp³-hybridized carbons (Fsp3) is 0.300. The summed E-state index contributed by atoms with van der Waals surface area (Å²) < 4.78 is 44.3. The van der Waals surface area contributed by atoms with E-state index in [9.17, 15) is 17.6 Å². The molecule has 0 bridgehead atoms. The van der Waals surface area contributed by atoms with Crippen LogP contribution >= 0.6 is 22.9 Å². The maximum Gasteiger partial charge on any atom is 0.280 e. The molecule has 3 heterocycles. The highest BCUT2D eigenvalue weighted by Gasteiger charge is 2.41. The third-order valence-electron chi connectivity index (χ3n) is 5.27. The van der Waals surface area contributed by atoms with E-state index in [1.54, 1.807) is 6.20 Å². The van der Waals surface area contributed by atoms with Gasteiger partial charge < -0.3 is 5.32 Å². The smallest absolute Gasteiger partial charge is 0.280 e.